The van der Waals surface area contributed by atoms with E-state index < -0.39 is 41.2 Å². The molecule has 2 aliphatic carbocycles. The van der Waals surface area contributed by atoms with Gasteiger partial charge in [-0.05, 0) is 103 Å². The zero-order valence-electron chi connectivity index (χ0n) is 29.5. The third-order valence-corrected chi connectivity index (χ3v) is 13.4. The lowest BCUT2D eigenvalue weighted by Crippen LogP contribution is -2.20. The Morgan fingerprint density at radius 2 is 1.07 bits per heavy atom. The minimum absolute atomic E-state index is 0.0206. The van der Waals surface area contributed by atoms with Gasteiger partial charge in [0.1, 0.15) is 45.6 Å². The molecule has 0 amide bonds. The number of rotatable bonds is 8. The fourth-order valence-corrected chi connectivity index (χ4v) is 10.5. The predicted octanol–water partition coefficient (Wildman–Crippen LogP) is 11.3. The van der Waals surface area contributed by atoms with E-state index in [-0.39, 0.29) is 44.4 Å². The molecule has 1 heterocycles. The lowest BCUT2D eigenvalue weighted by molar-refractivity contribution is -0.275. The van der Waals surface area contributed by atoms with E-state index in [9.17, 15) is 44.7 Å². The quantitative estimate of drug-likeness (QED) is 0.0967. The van der Waals surface area contributed by atoms with Gasteiger partial charge in [-0.2, -0.15) is 0 Å². The molecule has 0 aromatic heterocycles. The van der Waals surface area contributed by atoms with Crippen LogP contribution >= 0.6 is 39.5 Å². The van der Waals surface area contributed by atoms with Crippen LogP contribution in [0.25, 0.3) is 0 Å². The van der Waals surface area contributed by atoms with Gasteiger partial charge in [0.2, 0.25) is 0 Å². The van der Waals surface area contributed by atoms with Crippen molar-refractivity contribution in [3.8, 4) is 34.5 Å². The summed E-state index contributed by atoms with van der Waals surface area (Å²) in [5.74, 6) is -2.52. The highest BCUT2D eigenvalue weighted by Crippen LogP contribution is 2.60. The number of carbonyl (C=O) groups is 2. The molecule has 0 N–H and O–H groups in total. The van der Waals surface area contributed by atoms with Crippen LogP contribution in [0.5, 0.6) is 34.5 Å². The summed E-state index contributed by atoms with van der Waals surface area (Å²) in [7, 11) is 2.42. The van der Waals surface area contributed by atoms with Crippen LogP contribution in [0.15, 0.2) is 72.8 Å². The molecule has 1 saturated heterocycles. The summed E-state index contributed by atoms with van der Waals surface area (Å²) in [6.45, 7) is 0. The number of benzene rings is 4. The Labute approximate surface area is 336 Å². The third kappa shape index (κ3) is 9.35. The first-order chi connectivity index (χ1) is 26.8. The van der Waals surface area contributed by atoms with Gasteiger partial charge in [-0.25, -0.2) is 18.4 Å². The lowest BCUT2D eigenvalue weighted by atomic mass is 10.0. The second kappa shape index (κ2) is 16.5. The van der Waals surface area contributed by atoms with Crippen LogP contribution < -0.4 is 18.9 Å². The van der Waals surface area contributed by atoms with E-state index in [2.05, 4.69) is 25.4 Å². The van der Waals surface area contributed by atoms with Crippen molar-refractivity contribution in [3.63, 3.8) is 0 Å². The maximum absolute atomic E-state index is 14.3. The topological polar surface area (TPSA) is 89.5 Å². The molecular formula is C38H29BrF8O8S2. The Morgan fingerprint density at radius 3 is 1.51 bits per heavy atom. The zero-order valence-corrected chi connectivity index (χ0v) is 32.7. The molecule has 19 heteroatoms. The molecule has 0 saturated carbocycles. The van der Waals surface area contributed by atoms with Crippen molar-refractivity contribution >= 4 is 51.4 Å². The smallest absolute Gasteiger partial charge is 0.465 e. The highest BCUT2D eigenvalue weighted by molar-refractivity contribution is 9.09. The number of hydrogen-bond donors (Lipinski definition) is 0. The zero-order chi connectivity index (χ0) is 41.3. The average Bonchev–Trinajstić information content (AvgIpc) is 3.84. The molecule has 7 rings (SSSR count). The van der Waals surface area contributed by atoms with Gasteiger partial charge in [-0.3, -0.25) is 0 Å². The average molecular weight is 910 g/mol. The summed E-state index contributed by atoms with van der Waals surface area (Å²) in [5.41, 5.74) is 2.06. The number of methoxy groups -OCH3 is 2. The molecular weight excluding hydrogens is 880 g/mol. The number of hydrogen-bond acceptors (Lipinski definition) is 10. The first-order valence-corrected chi connectivity index (χ1v) is 19.6. The SMILES string of the molecule is COC(=O)c1c(Oc2ccc(OC(F)(F)F)cc2)ccc2c1CC(Br)C2(F)F.COC(=O)c1c(Oc2ccc(OC(F)(F)F)cc2)ccc2c1CCC21SCCS1. The van der Waals surface area contributed by atoms with Gasteiger partial charge in [0.05, 0.1) is 23.1 Å². The molecule has 57 heavy (non-hydrogen) atoms. The number of alkyl halides is 9. The van der Waals surface area contributed by atoms with Crippen molar-refractivity contribution in [2.45, 2.75) is 46.8 Å². The summed E-state index contributed by atoms with van der Waals surface area (Å²) in [6, 6.07) is 15.5. The van der Waals surface area contributed by atoms with Crippen LogP contribution in [-0.2, 0) is 32.3 Å². The highest BCUT2D eigenvalue weighted by Gasteiger charge is 2.49. The van der Waals surface area contributed by atoms with Gasteiger partial charge in [-0.15, -0.1) is 49.9 Å². The number of carbonyl (C=O) groups excluding carboxylic acids is 2. The third-order valence-electron chi connectivity index (χ3n) is 8.90. The summed E-state index contributed by atoms with van der Waals surface area (Å²) >= 11 is 6.73. The van der Waals surface area contributed by atoms with Crippen molar-refractivity contribution in [2.24, 2.45) is 0 Å². The Morgan fingerprint density at radius 1 is 0.649 bits per heavy atom. The predicted molar refractivity (Wildman–Crippen MR) is 197 cm³/mol. The molecule has 1 spiro atoms. The van der Waals surface area contributed by atoms with Crippen LogP contribution in [0.4, 0.5) is 35.1 Å². The van der Waals surface area contributed by atoms with Crippen LogP contribution in [0.1, 0.15) is 49.4 Å². The molecule has 1 fully saturated rings. The van der Waals surface area contributed by atoms with E-state index in [1.807, 2.05) is 29.6 Å². The molecule has 3 aliphatic rings. The largest absolute Gasteiger partial charge is 0.573 e. The molecule has 0 bridgehead atoms. The monoisotopic (exact) mass is 908 g/mol. The van der Waals surface area contributed by atoms with Crippen molar-refractivity contribution in [1.82, 2.24) is 0 Å². The lowest BCUT2D eigenvalue weighted by Gasteiger charge is -2.23. The molecule has 4 aromatic rings. The molecule has 1 unspecified atom stereocenters. The van der Waals surface area contributed by atoms with Gasteiger partial charge in [-0.1, -0.05) is 22.0 Å². The van der Waals surface area contributed by atoms with Gasteiger partial charge in [0, 0.05) is 17.1 Å². The first kappa shape index (κ1) is 42.3. The van der Waals surface area contributed by atoms with E-state index in [1.54, 1.807) is 6.07 Å². The summed E-state index contributed by atoms with van der Waals surface area (Å²) in [5, 5.41) is 0. The van der Waals surface area contributed by atoms with Crippen LogP contribution in [0.2, 0.25) is 0 Å². The van der Waals surface area contributed by atoms with Crippen LogP contribution in [0, 0.1) is 0 Å². The van der Waals surface area contributed by atoms with Crippen LogP contribution in [-0.4, -0.2) is 55.2 Å². The van der Waals surface area contributed by atoms with Gasteiger partial charge >= 0.3 is 24.7 Å². The fraction of sp³-hybridized carbons (Fsp3) is 0.316. The maximum Gasteiger partial charge on any atom is 0.573 e. The molecule has 1 atom stereocenters. The summed E-state index contributed by atoms with van der Waals surface area (Å²) < 4.78 is 131. The molecule has 0 radical (unpaired) electrons. The summed E-state index contributed by atoms with van der Waals surface area (Å²) in [6.07, 6.45) is -8.03. The number of ether oxygens (including phenoxy) is 6. The Bertz CT molecular complexity index is 2120. The van der Waals surface area contributed by atoms with E-state index in [1.165, 1.54) is 37.4 Å². The Kier molecular flexibility index (Phi) is 12.2. The van der Waals surface area contributed by atoms with E-state index >= 15 is 0 Å². The molecule has 4 aromatic carbocycles. The molecule has 8 nitrogen and oxygen atoms in total. The number of fused-ring (bicyclic) bond motifs is 3. The van der Waals surface area contributed by atoms with Gasteiger partial charge < -0.3 is 28.4 Å². The van der Waals surface area contributed by atoms with E-state index in [0.717, 1.165) is 72.9 Å². The number of halogens is 9. The van der Waals surface area contributed by atoms with Gasteiger partial charge in [0.15, 0.2) is 0 Å². The molecule has 304 valence electrons. The standard InChI is InChI=1S/C20H17F3O4S2.C18H12BrF5O4/c1-25-18(24)17-14-8-9-19(28-10-11-29-19)15(14)6-7-16(17)26-12-2-4-13(5-3-12)27-20(21,22)23;1-26-16(25)15-11-8-14(19)17(20,21)12(11)6-7-13(15)27-9-2-4-10(5-3-9)28-18(22,23)24/h2-7H,8-11H2,1H3;2-7,14H,8H2,1H3. The van der Waals surface area contributed by atoms with Crippen molar-refractivity contribution < 1.29 is 73.1 Å². The van der Waals surface area contributed by atoms with Crippen molar-refractivity contribution in [2.75, 3.05) is 25.7 Å². The van der Waals surface area contributed by atoms with Crippen molar-refractivity contribution in [1.29, 1.82) is 0 Å². The van der Waals surface area contributed by atoms with E-state index in [4.69, 9.17) is 18.9 Å². The normalized spacial score (nSPS) is 17.5. The summed E-state index contributed by atoms with van der Waals surface area (Å²) in [4.78, 5) is 23.6. The highest BCUT2D eigenvalue weighted by atomic mass is 79.9. The van der Waals surface area contributed by atoms with Crippen LogP contribution in [0.3, 0.4) is 0 Å². The van der Waals surface area contributed by atoms with E-state index in [0.29, 0.717) is 17.1 Å². The first-order valence-electron chi connectivity index (χ1n) is 16.7. The second-order valence-corrected chi connectivity index (χ2v) is 16.6. The van der Waals surface area contributed by atoms with Crippen molar-refractivity contribution in [3.05, 3.63) is 106 Å². The Balaban J connectivity index is 0.000000193. The minimum atomic E-state index is -4.84. The second-order valence-electron chi connectivity index (χ2n) is 12.4. The minimum Gasteiger partial charge on any atom is -0.465 e. The maximum atomic E-state index is 14.3. The van der Waals surface area contributed by atoms with Gasteiger partial charge in [0.25, 0.3) is 5.92 Å². The number of thioether (sulfide) groups is 2. The molecule has 1 aliphatic heterocycles. The number of esters is 2. The fourth-order valence-electron chi connectivity index (χ4n) is 6.54. The Hall–Kier alpha value is -4.36.